The van der Waals surface area contributed by atoms with Crippen LogP contribution in [-0.2, 0) is 0 Å². The van der Waals surface area contributed by atoms with Crippen LogP contribution >= 0.6 is 0 Å². The summed E-state index contributed by atoms with van der Waals surface area (Å²) in [6.45, 7) is 5.02. The summed E-state index contributed by atoms with van der Waals surface area (Å²) in [6.07, 6.45) is 11.4. The number of carbonyl (C=O) groups excluding carboxylic acids is 1. The van der Waals surface area contributed by atoms with E-state index in [0.717, 1.165) is 17.8 Å². The van der Waals surface area contributed by atoms with Crippen molar-refractivity contribution in [1.82, 2.24) is 14.8 Å². The first kappa shape index (κ1) is 18.5. The molecule has 2 aliphatic carbocycles. The maximum Gasteiger partial charge on any atom is 0.253 e. The number of carbonyl (C=O) groups is 1. The molecule has 3 rings (SSSR count). The lowest BCUT2D eigenvalue weighted by molar-refractivity contribution is 0.0899. The van der Waals surface area contributed by atoms with Gasteiger partial charge < -0.3 is 14.8 Å². The van der Waals surface area contributed by atoms with E-state index < -0.39 is 0 Å². The van der Waals surface area contributed by atoms with E-state index in [1.807, 2.05) is 0 Å². The molecule has 1 aromatic rings. The van der Waals surface area contributed by atoms with Crippen molar-refractivity contribution in [3.8, 4) is 0 Å². The fourth-order valence-electron chi connectivity index (χ4n) is 5.06. The van der Waals surface area contributed by atoms with Crippen molar-refractivity contribution in [3.05, 3.63) is 23.0 Å². The van der Waals surface area contributed by atoms with Gasteiger partial charge in [0.15, 0.2) is 0 Å². The molecule has 0 spiro atoms. The molecule has 0 aromatic carbocycles. The molecule has 0 bridgehead atoms. The highest BCUT2D eigenvalue weighted by Gasteiger charge is 2.36. The van der Waals surface area contributed by atoms with Gasteiger partial charge in [0.25, 0.3) is 5.91 Å². The summed E-state index contributed by atoms with van der Waals surface area (Å²) >= 11 is 0. The zero-order valence-corrected chi connectivity index (χ0v) is 16.5. The molecule has 4 heteroatoms. The van der Waals surface area contributed by atoms with Crippen LogP contribution in [-0.4, -0.2) is 41.6 Å². The Labute approximate surface area is 153 Å². The monoisotopic (exact) mass is 345 g/mol. The molecule has 140 valence electrons. The Morgan fingerprint density at radius 1 is 1.16 bits per heavy atom. The van der Waals surface area contributed by atoms with Crippen molar-refractivity contribution in [2.24, 2.45) is 0 Å². The zero-order valence-electron chi connectivity index (χ0n) is 16.5. The molecule has 4 nitrogen and oxygen atoms in total. The van der Waals surface area contributed by atoms with Gasteiger partial charge in [0.05, 0.1) is 5.56 Å². The Bertz CT molecular complexity index is 605. The van der Waals surface area contributed by atoms with E-state index >= 15 is 0 Å². The lowest BCUT2D eigenvalue weighted by Gasteiger charge is -2.36. The van der Waals surface area contributed by atoms with E-state index in [0.29, 0.717) is 6.04 Å². The molecule has 0 radical (unpaired) electrons. The Hall–Kier alpha value is -1.29. The molecular formula is C21H35N3O. The van der Waals surface area contributed by atoms with Gasteiger partial charge in [-0.1, -0.05) is 32.1 Å². The quantitative estimate of drug-likeness (QED) is 0.868. The van der Waals surface area contributed by atoms with Gasteiger partial charge in [-0.25, -0.2) is 0 Å². The van der Waals surface area contributed by atoms with Crippen molar-refractivity contribution in [2.45, 2.75) is 83.2 Å². The van der Waals surface area contributed by atoms with Crippen molar-refractivity contribution >= 4 is 5.91 Å². The van der Waals surface area contributed by atoms with Crippen molar-refractivity contribution in [2.75, 3.05) is 20.6 Å². The highest BCUT2D eigenvalue weighted by molar-refractivity contribution is 5.95. The molecule has 25 heavy (non-hydrogen) atoms. The second-order valence-electron chi connectivity index (χ2n) is 8.46. The first-order valence-electron chi connectivity index (χ1n) is 10.1. The van der Waals surface area contributed by atoms with E-state index in [2.05, 4.69) is 48.8 Å². The number of hydrogen-bond donors (Lipinski definition) is 1. The molecule has 2 saturated carbocycles. The highest BCUT2D eigenvalue weighted by Crippen LogP contribution is 2.34. The molecular weight excluding hydrogens is 310 g/mol. The Kier molecular flexibility index (Phi) is 5.57. The van der Waals surface area contributed by atoms with Crippen LogP contribution in [0.25, 0.3) is 0 Å². The normalized spacial score (nSPS) is 21.0. The molecule has 1 heterocycles. The highest BCUT2D eigenvalue weighted by atomic mass is 16.1. The van der Waals surface area contributed by atoms with Gasteiger partial charge in [0.1, 0.15) is 0 Å². The topological polar surface area (TPSA) is 37.3 Å². The van der Waals surface area contributed by atoms with E-state index in [-0.39, 0.29) is 11.4 Å². The second kappa shape index (κ2) is 7.53. The summed E-state index contributed by atoms with van der Waals surface area (Å²) in [4.78, 5) is 15.2. The predicted octanol–water partition coefficient (Wildman–Crippen LogP) is 4.21. The molecule has 1 aromatic heterocycles. The summed E-state index contributed by atoms with van der Waals surface area (Å²) < 4.78 is 2.42. The van der Waals surface area contributed by atoms with Gasteiger partial charge in [-0.2, -0.15) is 0 Å². The van der Waals surface area contributed by atoms with Crippen LogP contribution in [0.5, 0.6) is 0 Å². The average Bonchev–Trinajstić information content (AvgIpc) is 3.19. The van der Waals surface area contributed by atoms with Crippen molar-refractivity contribution in [1.29, 1.82) is 0 Å². The third-order valence-electron chi connectivity index (χ3n) is 6.73. The van der Waals surface area contributed by atoms with Gasteiger partial charge in [-0.15, -0.1) is 0 Å². The average molecular weight is 346 g/mol. The molecule has 2 fully saturated rings. The van der Waals surface area contributed by atoms with E-state index in [4.69, 9.17) is 0 Å². The number of amides is 1. The smallest absolute Gasteiger partial charge is 0.253 e. The number of aromatic nitrogens is 1. The summed E-state index contributed by atoms with van der Waals surface area (Å²) in [7, 11) is 4.29. The SMILES string of the molecule is Cc1cc(C(=O)NCC2(N(C)C)CCCC2)c(C)n1C1CCCCC1. The lowest BCUT2D eigenvalue weighted by atomic mass is 9.95. The molecule has 1 amide bonds. The van der Waals surface area contributed by atoms with Gasteiger partial charge in [-0.3, -0.25) is 4.79 Å². The van der Waals surface area contributed by atoms with Gasteiger partial charge in [0, 0.05) is 29.5 Å². The fraction of sp³-hybridized carbons (Fsp3) is 0.762. The molecule has 0 saturated heterocycles. The van der Waals surface area contributed by atoms with Crippen molar-refractivity contribution in [3.63, 3.8) is 0 Å². The standard InChI is InChI=1S/C21H35N3O/c1-16-14-19(17(2)24(16)18-10-6-5-7-11-18)20(25)22-15-21(23(3)4)12-8-9-13-21/h14,18H,5-13,15H2,1-4H3,(H,22,25). The maximum absolute atomic E-state index is 12.9. The Morgan fingerprint density at radius 3 is 2.40 bits per heavy atom. The van der Waals surface area contributed by atoms with Crippen LogP contribution in [0.3, 0.4) is 0 Å². The van der Waals surface area contributed by atoms with Gasteiger partial charge in [-0.05, 0) is 59.7 Å². The fourth-order valence-corrected chi connectivity index (χ4v) is 5.06. The summed E-state index contributed by atoms with van der Waals surface area (Å²) in [5, 5.41) is 3.25. The number of aryl methyl sites for hydroxylation is 1. The van der Waals surface area contributed by atoms with Gasteiger partial charge >= 0.3 is 0 Å². The number of likely N-dealkylation sites (N-methyl/N-ethyl adjacent to an activating group) is 1. The van der Waals surface area contributed by atoms with Crippen LogP contribution in [0.2, 0.25) is 0 Å². The predicted molar refractivity (Wildman–Crippen MR) is 103 cm³/mol. The molecule has 0 aliphatic heterocycles. The minimum absolute atomic E-state index is 0.100. The second-order valence-corrected chi connectivity index (χ2v) is 8.46. The first-order valence-corrected chi connectivity index (χ1v) is 10.1. The van der Waals surface area contributed by atoms with E-state index in [1.165, 1.54) is 63.5 Å². The zero-order chi connectivity index (χ0) is 18.0. The molecule has 1 N–H and O–H groups in total. The molecule has 0 unspecified atom stereocenters. The molecule has 2 aliphatic rings. The van der Waals surface area contributed by atoms with Crippen LogP contribution < -0.4 is 5.32 Å². The molecule has 0 atom stereocenters. The van der Waals surface area contributed by atoms with Crippen molar-refractivity contribution < 1.29 is 4.79 Å². The summed E-state index contributed by atoms with van der Waals surface area (Å²) in [5.41, 5.74) is 3.39. The minimum atomic E-state index is 0.100. The van der Waals surface area contributed by atoms with Crippen LogP contribution in [0, 0.1) is 13.8 Å². The van der Waals surface area contributed by atoms with E-state index in [9.17, 15) is 4.79 Å². The number of rotatable bonds is 5. The Balaban J connectivity index is 1.72. The van der Waals surface area contributed by atoms with Gasteiger partial charge in [0.2, 0.25) is 0 Å². The number of nitrogens with zero attached hydrogens (tertiary/aromatic N) is 2. The summed E-state index contributed by atoms with van der Waals surface area (Å²) in [6, 6.07) is 2.68. The minimum Gasteiger partial charge on any atom is -0.350 e. The largest absolute Gasteiger partial charge is 0.350 e. The third-order valence-corrected chi connectivity index (χ3v) is 6.73. The third kappa shape index (κ3) is 3.64. The number of nitrogens with one attached hydrogen (secondary N) is 1. The van der Waals surface area contributed by atoms with Crippen LogP contribution in [0.4, 0.5) is 0 Å². The van der Waals surface area contributed by atoms with Crippen LogP contribution in [0.15, 0.2) is 6.07 Å². The maximum atomic E-state index is 12.9. The number of hydrogen-bond acceptors (Lipinski definition) is 2. The van der Waals surface area contributed by atoms with E-state index in [1.54, 1.807) is 0 Å². The lowest BCUT2D eigenvalue weighted by Crippen LogP contribution is -2.50. The van der Waals surface area contributed by atoms with Crippen LogP contribution in [0.1, 0.15) is 85.6 Å². The Morgan fingerprint density at radius 2 is 1.80 bits per heavy atom. The summed E-state index contributed by atoms with van der Waals surface area (Å²) in [5.74, 6) is 0.100. The first-order chi connectivity index (χ1) is 11.9.